The van der Waals surface area contributed by atoms with Gasteiger partial charge in [0, 0.05) is 5.56 Å². The third-order valence-corrected chi connectivity index (χ3v) is 3.75. The predicted octanol–water partition coefficient (Wildman–Crippen LogP) is 3.61. The number of nitrogens with one attached hydrogen (secondary N) is 1. The highest BCUT2D eigenvalue weighted by Crippen LogP contribution is 2.42. The summed E-state index contributed by atoms with van der Waals surface area (Å²) >= 11 is 12.0. The van der Waals surface area contributed by atoms with E-state index in [2.05, 4.69) is 10.1 Å². The Bertz CT molecular complexity index is 768. The minimum Gasteiger partial charge on any atom is -0.412 e. The van der Waals surface area contributed by atoms with Crippen molar-refractivity contribution in [3.05, 3.63) is 33.5 Å². The largest absolute Gasteiger partial charge is 0.573 e. The summed E-state index contributed by atoms with van der Waals surface area (Å²) in [5, 5.41) is 1.92. The van der Waals surface area contributed by atoms with Crippen LogP contribution in [0.1, 0.15) is 19.4 Å². The average molecular weight is 399 g/mol. The van der Waals surface area contributed by atoms with Crippen molar-refractivity contribution in [2.75, 3.05) is 0 Å². The number of hydrogen-bond acceptors (Lipinski definition) is 4. The second-order valence-electron chi connectivity index (χ2n) is 5.51. The molecule has 1 aromatic carbocycles. The molecule has 0 unspecified atom stereocenters. The maximum Gasteiger partial charge on any atom is 0.573 e. The summed E-state index contributed by atoms with van der Waals surface area (Å²) in [7, 11) is 0. The summed E-state index contributed by atoms with van der Waals surface area (Å²) in [5.74, 6) is -1.50. The Balaban J connectivity index is 2.63. The van der Waals surface area contributed by atoms with Gasteiger partial charge in [-0.3, -0.25) is 4.79 Å². The number of carbonyl (C=O) groups is 2. The normalized spacial score (nSPS) is 16.7. The molecule has 0 aliphatic carbocycles. The fraction of sp³-hybridized carbons (Fsp3) is 0.286. The molecule has 6 nitrogen and oxygen atoms in total. The lowest BCUT2D eigenvalue weighted by molar-refractivity contribution is -0.274. The van der Waals surface area contributed by atoms with Gasteiger partial charge in [0.05, 0.1) is 21.2 Å². The van der Waals surface area contributed by atoms with Crippen LogP contribution in [0.25, 0.3) is 5.57 Å². The molecule has 2 amide bonds. The Kier molecular flexibility index (Phi) is 4.84. The Morgan fingerprint density at radius 2 is 1.76 bits per heavy atom. The average Bonchev–Trinajstić information content (AvgIpc) is 2.57. The third-order valence-electron chi connectivity index (χ3n) is 3.15. The van der Waals surface area contributed by atoms with Crippen molar-refractivity contribution in [3.8, 4) is 5.75 Å². The third kappa shape index (κ3) is 4.10. The lowest BCUT2D eigenvalue weighted by atomic mass is 9.99. The molecule has 3 N–H and O–H groups in total. The van der Waals surface area contributed by atoms with Crippen LogP contribution in [0.4, 0.5) is 18.0 Å². The Labute approximate surface area is 149 Å². The van der Waals surface area contributed by atoms with Crippen LogP contribution in [0.2, 0.25) is 10.0 Å². The van der Waals surface area contributed by atoms with Crippen LogP contribution >= 0.6 is 23.2 Å². The van der Waals surface area contributed by atoms with Gasteiger partial charge in [-0.25, -0.2) is 4.79 Å². The summed E-state index contributed by atoms with van der Waals surface area (Å²) in [6.45, 7) is 3.05. The monoisotopic (exact) mass is 398 g/mol. The zero-order chi connectivity index (χ0) is 19.2. The quantitative estimate of drug-likeness (QED) is 0.813. The molecule has 1 heterocycles. The number of primary amides is 1. The van der Waals surface area contributed by atoms with Crippen LogP contribution in [0.5, 0.6) is 5.75 Å². The lowest BCUT2D eigenvalue weighted by Gasteiger charge is -2.21. The number of halogens is 5. The highest BCUT2D eigenvalue weighted by molar-refractivity contribution is 6.41. The number of rotatable bonds is 3. The van der Waals surface area contributed by atoms with E-state index in [1.54, 1.807) is 0 Å². The number of carbonyl (C=O) groups excluding carboxylic acids is 2. The van der Waals surface area contributed by atoms with E-state index in [9.17, 15) is 22.8 Å². The molecule has 0 atom stereocenters. The minimum atomic E-state index is -4.94. The predicted molar refractivity (Wildman–Crippen MR) is 83.0 cm³/mol. The summed E-state index contributed by atoms with van der Waals surface area (Å²) in [4.78, 5) is 23.4. The van der Waals surface area contributed by atoms with Crippen molar-refractivity contribution in [1.82, 2.24) is 5.32 Å². The summed E-state index contributed by atoms with van der Waals surface area (Å²) in [6.07, 6.45) is -6.12. The van der Waals surface area contributed by atoms with Gasteiger partial charge >= 0.3 is 12.5 Å². The van der Waals surface area contributed by atoms with Gasteiger partial charge in [-0.1, -0.05) is 23.2 Å². The van der Waals surface area contributed by atoms with Crippen molar-refractivity contribution in [2.24, 2.45) is 5.73 Å². The molecule has 0 bridgehead atoms. The van der Waals surface area contributed by atoms with Crippen molar-refractivity contribution in [1.29, 1.82) is 0 Å². The maximum absolute atomic E-state index is 12.3. The van der Waals surface area contributed by atoms with Gasteiger partial charge in [0.2, 0.25) is 0 Å². The van der Waals surface area contributed by atoms with Crippen LogP contribution in [0.3, 0.4) is 0 Å². The van der Waals surface area contributed by atoms with Crippen LogP contribution in [0.15, 0.2) is 17.9 Å². The van der Waals surface area contributed by atoms with Crippen LogP contribution in [0, 0.1) is 0 Å². The lowest BCUT2D eigenvalue weighted by Crippen LogP contribution is -2.39. The molecule has 2 rings (SSSR count). The number of benzene rings is 1. The molecule has 0 aromatic heterocycles. The molecular weight excluding hydrogens is 388 g/mol. The van der Waals surface area contributed by atoms with E-state index < -0.39 is 29.7 Å². The summed E-state index contributed by atoms with van der Waals surface area (Å²) in [5.41, 5.74) is 3.56. The topological polar surface area (TPSA) is 90.7 Å². The van der Waals surface area contributed by atoms with Gasteiger partial charge in [-0.05, 0) is 26.0 Å². The van der Waals surface area contributed by atoms with E-state index in [-0.39, 0.29) is 26.9 Å². The van der Waals surface area contributed by atoms with E-state index in [1.165, 1.54) is 13.8 Å². The fourth-order valence-corrected chi connectivity index (χ4v) is 2.96. The second-order valence-corrected chi connectivity index (χ2v) is 6.33. The molecule has 0 radical (unpaired) electrons. The standard InChI is InChI=1S/C14H11Cl2F3N2O4/c1-13(2)10(24-12(20)23)9(11(22)21-13)8-6(15)3-5(4-7(8)16)25-14(17,18)19/h3-4H,1-2H3,(H2,20,23)(H,21,22). The van der Waals surface area contributed by atoms with Crippen molar-refractivity contribution >= 4 is 40.8 Å². The van der Waals surface area contributed by atoms with Crippen molar-refractivity contribution in [3.63, 3.8) is 0 Å². The molecule has 1 aliphatic rings. The Hall–Kier alpha value is -2.13. The van der Waals surface area contributed by atoms with Crippen molar-refractivity contribution in [2.45, 2.75) is 25.7 Å². The fourth-order valence-electron chi connectivity index (χ4n) is 2.31. The molecule has 1 aliphatic heterocycles. The van der Waals surface area contributed by atoms with Gasteiger partial charge < -0.3 is 20.5 Å². The number of ether oxygens (including phenoxy) is 2. The smallest absolute Gasteiger partial charge is 0.412 e. The highest BCUT2D eigenvalue weighted by Gasteiger charge is 2.43. The van der Waals surface area contributed by atoms with Gasteiger partial charge in [-0.15, -0.1) is 13.2 Å². The van der Waals surface area contributed by atoms with Gasteiger partial charge in [0.1, 0.15) is 11.5 Å². The van der Waals surface area contributed by atoms with Crippen LogP contribution in [-0.4, -0.2) is 23.9 Å². The molecule has 0 fully saturated rings. The maximum atomic E-state index is 12.3. The summed E-state index contributed by atoms with van der Waals surface area (Å²) in [6, 6.07) is 1.67. The molecule has 0 spiro atoms. The van der Waals surface area contributed by atoms with Gasteiger partial charge in [0.15, 0.2) is 0 Å². The van der Waals surface area contributed by atoms with E-state index in [0.29, 0.717) is 0 Å². The van der Waals surface area contributed by atoms with E-state index in [1.807, 2.05) is 0 Å². The van der Waals surface area contributed by atoms with E-state index >= 15 is 0 Å². The van der Waals surface area contributed by atoms with E-state index in [4.69, 9.17) is 33.7 Å². The van der Waals surface area contributed by atoms with Gasteiger partial charge in [-0.2, -0.15) is 0 Å². The number of hydrogen-bond donors (Lipinski definition) is 2. The molecule has 136 valence electrons. The van der Waals surface area contributed by atoms with E-state index in [0.717, 1.165) is 12.1 Å². The zero-order valence-corrected chi connectivity index (χ0v) is 14.3. The summed E-state index contributed by atoms with van der Waals surface area (Å²) < 4.78 is 45.6. The zero-order valence-electron chi connectivity index (χ0n) is 12.8. The molecule has 11 heteroatoms. The van der Waals surface area contributed by atoms with Crippen molar-refractivity contribution < 1.29 is 32.2 Å². The van der Waals surface area contributed by atoms with Crippen LogP contribution < -0.4 is 15.8 Å². The first kappa shape index (κ1) is 19.2. The van der Waals surface area contributed by atoms with Gasteiger partial charge in [0.25, 0.3) is 5.91 Å². The second kappa shape index (κ2) is 6.30. The highest BCUT2D eigenvalue weighted by atomic mass is 35.5. The first-order valence-corrected chi connectivity index (χ1v) is 7.37. The SMILES string of the molecule is CC1(C)NC(=O)C(c2c(Cl)cc(OC(F)(F)F)cc2Cl)=C1OC(N)=O. The molecule has 0 saturated heterocycles. The first-order chi connectivity index (χ1) is 11.3. The minimum absolute atomic E-state index is 0.114. The molecule has 25 heavy (non-hydrogen) atoms. The number of nitrogens with two attached hydrogens (primary N) is 1. The molecule has 1 aromatic rings. The first-order valence-electron chi connectivity index (χ1n) is 6.61. The number of amides is 2. The Morgan fingerprint density at radius 3 is 2.20 bits per heavy atom. The van der Waals surface area contributed by atoms with Crippen LogP contribution in [-0.2, 0) is 9.53 Å². The molecule has 0 saturated carbocycles. The Morgan fingerprint density at radius 1 is 1.24 bits per heavy atom. The number of alkyl halides is 3. The molecular formula is C14H11Cl2F3N2O4.